The highest BCUT2D eigenvalue weighted by molar-refractivity contribution is 6.65. The summed E-state index contributed by atoms with van der Waals surface area (Å²) in [4.78, 5) is 26.7. The van der Waals surface area contributed by atoms with Crippen molar-refractivity contribution in [2.24, 2.45) is 39.1 Å². The van der Waals surface area contributed by atoms with Crippen molar-refractivity contribution in [1.82, 2.24) is 5.34 Å². The zero-order valence-corrected chi connectivity index (χ0v) is 23.1. The number of hydrogen-bond donors (Lipinski definition) is 3. The van der Waals surface area contributed by atoms with Crippen molar-refractivity contribution in [2.75, 3.05) is 6.61 Å². The molecule has 3 N–H and O–H groups in total. The first-order valence-electron chi connectivity index (χ1n) is 13.8. The molecule has 2 bridgehead atoms. The number of aliphatic hydroxyl groups is 1. The average molecular weight is 540 g/mol. The number of halogens is 1. The maximum atomic E-state index is 15.1. The van der Waals surface area contributed by atoms with Crippen LogP contribution in [0.25, 0.3) is 0 Å². The van der Waals surface area contributed by atoms with Gasteiger partial charge in [-0.1, -0.05) is 33.8 Å². The number of rotatable bonds is 5. The fourth-order valence-electron chi connectivity index (χ4n) is 8.16. The molecule has 1 heterocycles. The van der Waals surface area contributed by atoms with Crippen LogP contribution in [0.1, 0.15) is 65.4 Å². The number of esters is 1. The van der Waals surface area contributed by atoms with Crippen LogP contribution < -0.4 is 15.5 Å². The minimum absolute atomic E-state index is 0.0135. The molecule has 3 fully saturated rings. The van der Waals surface area contributed by atoms with Gasteiger partial charge in [-0.15, -0.1) is 6.58 Å². The Kier molecular flexibility index (Phi) is 6.95. The van der Waals surface area contributed by atoms with Crippen molar-refractivity contribution in [1.29, 1.82) is 0 Å². The Morgan fingerprint density at radius 3 is 2.79 bits per heavy atom. The maximum Gasteiger partial charge on any atom is 0.467 e. The van der Waals surface area contributed by atoms with Crippen LogP contribution in [-0.4, -0.2) is 54.0 Å². The van der Waals surface area contributed by atoms with Gasteiger partial charge in [0.2, 0.25) is 0 Å². The van der Waals surface area contributed by atoms with Crippen LogP contribution in [0.15, 0.2) is 29.9 Å². The molecule has 5 rings (SSSR count). The van der Waals surface area contributed by atoms with Crippen molar-refractivity contribution in [3.8, 4) is 5.75 Å². The lowest BCUT2D eigenvalue weighted by Crippen LogP contribution is -2.63. The molecule has 0 unspecified atom stereocenters. The fraction of sp³-hybridized carbons (Fsp3) is 0.621. The van der Waals surface area contributed by atoms with E-state index in [2.05, 4.69) is 37.8 Å². The lowest BCUT2D eigenvalue weighted by atomic mass is 9.44. The second kappa shape index (κ2) is 9.73. The van der Waals surface area contributed by atoms with E-state index >= 15 is 4.39 Å². The molecule has 0 spiro atoms. The van der Waals surface area contributed by atoms with E-state index < -0.39 is 48.5 Å². The number of hydrazone groups is 1. The molecule has 0 saturated heterocycles. The first-order valence-corrected chi connectivity index (χ1v) is 13.8. The summed E-state index contributed by atoms with van der Waals surface area (Å²) in [7, 11) is -1.34. The molecule has 1 aliphatic heterocycles. The molecule has 1 aromatic rings. The second-order valence-electron chi connectivity index (χ2n) is 12.5. The molecule has 39 heavy (non-hydrogen) atoms. The normalized spacial score (nSPS) is 39.1. The van der Waals surface area contributed by atoms with E-state index in [-0.39, 0.29) is 40.2 Å². The van der Waals surface area contributed by atoms with Gasteiger partial charge in [-0.05, 0) is 60.6 Å². The summed E-state index contributed by atoms with van der Waals surface area (Å²) in [5.41, 5.74) is -1.37. The fourth-order valence-corrected chi connectivity index (χ4v) is 8.16. The summed E-state index contributed by atoms with van der Waals surface area (Å²) in [5.74, 6) is -1.85. The molecular weight excluding hydrogens is 502 g/mol. The number of nitrogens with zero attached hydrogens (tertiary/aromatic N) is 1. The lowest BCUT2D eigenvalue weighted by Gasteiger charge is -2.61. The van der Waals surface area contributed by atoms with Crippen LogP contribution in [0.3, 0.4) is 0 Å². The maximum absolute atomic E-state index is 15.1. The summed E-state index contributed by atoms with van der Waals surface area (Å²) in [6.45, 7) is 11.6. The van der Waals surface area contributed by atoms with E-state index in [1.165, 1.54) is 12.3 Å². The Balaban J connectivity index is 1.44. The molecule has 210 valence electrons. The van der Waals surface area contributed by atoms with Gasteiger partial charge in [0.1, 0.15) is 11.9 Å². The predicted octanol–water partition coefficient (Wildman–Crippen LogP) is 2.74. The van der Waals surface area contributed by atoms with Crippen LogP contribution in [0, 0.1) is 39.8 Å². The average Bonchev–Trinajstić information content (AvgIpc) is 3.26. The molecule has 10 heteroatoms. The zero-order chi connectivity index (χ0) is 28.3. The number of ketones is 1. The Hall–Kier alpha value is -2.72. The van der Waals surface area contributed by atoms with E-state index in [1.54, 1.807) is 12.1 Å². The van der Waals surface area contributed by atoms with E-state index in [1.807, 2.05) is 6.92 Å². The standard InChI is InChI=1S/C29H38BFN2O6/c1-6-27(4)13-21(28(5)16(2)9-11-29(17(3)26(27)36)12-10-19(34)25(28)29)39-22(35)15-38-20-8-7-18-14-32-33-30(37)23(18)24(20)31/h6-8,14,16-17,21,25-26,33,36-37H,1,9-13,15H2,2-5H3/t16-,17-,21+,25-,26-,27+,28-,29-/m0/s1. The van der Waals surface area contributed by atoms with Gasteiger partial charge in [-0.3, -0.25) is 4.79 Å². The number of fused-ring (bicyclic) bond motifs is 1. The van der Waals surface area contributed by atoms with Gasteiger partial charge in [0.05, 0.1) is 12.3 Å². The van der Waals surface area contributed by atoms with Gasteiger partial charge >= 0.3 is 13.0 Å². The molecule has 0 amide bonds. The van der Waals surface area contributed by atoms with Gasteiger partial charge in [0, 0.05) is 28.6 Å². The van der Waals surface area contributed by atoms with Crippen LogP contribution in [0.5, 0.6) is 5.75 Å². The number of ether oxygens (including phenoxy) is 2. The first kappa shape index (κ1) is 27.8. The largest absolute Gasteiger partial charge is 0.479 e. The summed E-state index contributed by atoms with van der Waals surface area (Å²) in [6.07, 6.45) is 4.89. The smallest absolute Gasteiger partial charge is 0.467 e. The third-order valence-electron chi connectivity index (χ3n) is 10.8. The molecular formula is C29H38BFN2O6. The minimum Gasteiger partial charge on any atom is -0.479 e. The van der Waals surface area contributed by atoms with Crippen molar-refractivity contribution in [2.45, 2.75) is 72.0 Å². The Labute approximate surface area is 229 Å². The Morgan fingerprint density at radius 2 is 2.08 bits per heavy atom. The SMILES string of the molecule is C=C[C@]1(C)C[C@@H](OC(=O)COc2ccc3c(c2F)B(O)NN=C3)[C@@]2(C)[C@@H]3C(=O)CC[C@@]3(CC[C@@H]2C)[C@@H](C)[C@@H]1O. The number of nitrogens with one attached hydrogen (secondary N) is 1. The summed E-state index contributed by atoms with van der Waals surface area (Å²) >= 11 is 0. The van der Waals surface area contributed by atoms with Crippen molar-refractivity contribution >= 4 is 30.5 Å². The monoisotopic (exact) mass is 540 g/mol. The van der Waals surface area contributed by atoms with E-state index in [9.17, 15) is 19.7 Å². The highest BCUT2D eigenvalue weighted by Gasteiger charge is 2.68. The zero-order valence-electron chi connectivity index (χ0n) is 23.1. The highest BCUT2D eigenvalue weighted by atomic mass is 19.1. The Bertz CT molecular complexity index is 1230. The minimum atomic E-state index is -1.34. The van der Waals surface area contributed by atoms with Crippen molar-refractivity contribution in [3.63, 3.8) is 0 Å². The number of carbonyl (C=O) groups excluding carboxylic acids is 2. The number of aliphatic hydroxyl groups excluding tert-OH is 1. The number of Topliss-reactive ketones (excluding diaryl/α,β-unsaturated/α-hetero) is 1. The first-order chi connectivity index (χ1) is 18.4. The molecule has 0 aromatic heterocycles. The van der Waals surface area contributed by atoms with Gasteiger partial charge in [-0.2, -0.15) is 5.10 Å². The van der Waals surface area contributed by atoms with Crippen LogP contribution in [0.4, 0.5) is 4.39 Å². The molecule has 1 aromatic carbocycles. The molecule has 3 aliphatic carbocycles. The molecule has 4 aliphatic rings. The highest BCUT2D eigenvalue weighted by Crippen LogP contribution is 2.68. The van der Waals surface area contributed by atoms with Gasteiger partial charge in [0.25, 0.3) is 0 Å². The molecule has 8 nitrogen and oxygen atoms in total. The van der Waals surface area contributed by atoms with E-state index in [4.69, 9.17) is 9.47 Å². The van der Waals surface area contributed by atoms with Gasteiger partial charge in [-0.25, -0.2) is 9.18 Å². The van der Waals surface area contributed by atoms with E-state index in [0.29, 0.717) is 18.4 Å². The number of hydrogen-bond acceptors (Lipinski definition) is 8. The van der Waals surface area contributed by atoms with Crippen LogP contribution >= 0.6 is 0 Å². The number of carbonyl (C=O) groups is 2. The summed E-state index contributed by atoms with van der Waals surface area (Å²) in [6, 6.07) is 2.93. The molecule has 0 radical (unpaired) electrons. The topological polar surface area (TPSA) is 117 Å². The lowest BCUT2D eigenvalue weighted by molar-refractivity contribution is -0.207. The van der Waals surface area contributed by atoms with Crippen molar-refractivity contribution < 1.29 is 33.6 Å². The molecule has 8 atom stereocenters. The van der Waals surface area contributed by atoms with Gasteiger partial charge in [0.15, 0.2) is 18.2 Å². The summed E-state index contributed by atoms with van der Waals surface area (Å²) in [5, 5.41) is 27.9. The van der Waals surface area contributed by atoms with Crippen LogP contribution in [-0.2, 0) is 14.3 Å². The Morgan fingerprint density at radius 1 is 1.33 bits per heavy atom. The molecule has 3 saturated carbocycles. The van der Waals surface area contributed by atoms with Gasteiger partial charge < -0.3 is 24.9 Å². The van der Waals surface area contributed by atoms with Crippen molar-refractivity contribution in [3.05, 3.63) is 36.2 Å². The van der Waals surface area contributed by atoms with E-state index in [0.717, 1.165) is 19.3 Å². The summed E-state index contributed by atoms with van der Waals surface area (Å²) < 4.78 is 26.8. The third-order valence-corrected chi connectivity index (χ3v) is 10.8. The quantitative estimate of drug-likeness (QED) is 0.299. The number of benzene rings is 1. The third kappa shape index (κ3) is 4.13. The predicted molar refractivity (Wildman–Crippen MR) is 145 cm³/mol. The van der Waals surface area contributed by atoms with Crippen LogP contribution in [0.2, 0.25) is 0 Å². The second-order valence-corrected chi connectivity index (χ2v) is 12.5.